The number of fused-ring (bicyclic) bond motifs is 1. The van der Waals surface area contributed by atoms with Gasteiger partial charge in [0.2, 0.25) is 0 Å². The van der Waals surface area contributed by atoms with E-state index in [2.05, 4.69) is 15.3 Å². The molecule has 0 saturated heterocycles. The third kappa shape index (κ3) is 1.95. The number of rotatable bonds is 2. The Hall–Kier alpha value is -1.68. The van der Waals surface area contributed by atoms with Gasteiger partial charge in [0.25, 0.3) is 0 Å². The first-order chi connectivity index (χ1) is 9.93. The van der Waals surface area contributed by atoms with Crippen LogP contribution in [-0.2, 0) is 0 Å². The van der Waals surface area contributed by atoms with Gasteiger partial charge in [-0.05, 0) is 41.8 Å². The number of thiophene rings is 1. The van der Waals surface area contributed by atoms with Gasteiger partial charge in [-0.1, -0.05) is 19.3 Å². The zero-order valence-electron chi connectivity index (χ0n) is 11.2. The molecule has 1 aliphatic carbocycles. The smallest absolute Gasteiger partial charge is 0.153 e. The molecule has 20 heavy (non-hydrogen) atoms. The molecule has 0 spiro atoms. The van der Waals surface area contributed by atoms with Crippen LogP contribution in [0.5, 0.6) is 0 Å². The summed E-state index contributed by atoms with van der Waals surface area (Å²) in [7, 11) is 0. The second-order valence-electron chi connectivity index (χ2n) is 5.41. The van der Waals surface area contributed by atoms with Crippen molar-refractivity contribution in [1.82, 2.24) is 9.97 Å². The van der Waals surface area contributed by atoms with Crippen LogP contribution in [0.3, 0.4) is 0 Å². The van der Waals surface area contributed by atoms with E-state index in [-0.39, 0.29) is 0 Å². The lowest BCUT2D eigenvalue weighted by Crippen LogP contribution is -2.04. The number of hydrogen-bond acceptors (Lipinski definition) is 4. The standard InChI is InChI=1S/C16H16N2OS/c1-2-5-11(6-3-1)12-9-20-16-14(12)15(17-10-18-16)13-7-4-8-19-13/h4,7-11H,1-3,5-6H2. The topological polar surface area (TPSA) is 38.9 Å². The maximum Gasteiger partial charge on any atom is 0.153 e. The molecule has 0 bridgehead atoms. The van der Waals surface area contributed by atoms with Crippen LogP contribution in [0.15, 0.2) is 34.5 Å². The molecule has 0 radical (unpaired) electrons. The molecule has 4 rings (SSSR count). The average molecular weight is 284 g/mol. The van der Waals surface area contributed by atoms with E-state index in [1.54, 1.807) is 23.9 Å². The third-order valence-electron chi connectivity index (χ3n) is 4.20. The highest BCUT2D eigenvalue weighted by molar-refractivity contribution is 7.17. The molecule has 3 aromatic heterocycles. The summed E-state index contributed by atoms with van der Waals surface area (Å²) < 4.78 is 5.55. The van der Waals surface area contributed by atoms with Gasteiger partial charge in [-0.3, -0.25) is 0 Å². The zero-order valence-corrected chi connectivity index (χ0v) is 12.0. The molecule has 3 heterocycles. The van der Waals surface area contributed by atoms with E-state index < -0.39 is 0 Å². The Kier molecular flexibility index (Phi) is 3.03. The molecule has 3 aromatic rings. The summed E-state index contributed by atoms with van der Waals surface area (Å²) in [5.41, 5.74) is 2.37. The molecule has 1 fully saturated rings. The lowest BCUT2D eigenvalue weighted by molar-refractivity contribution is 0.446. The first-order valence-electron chi connectivity index (χ1n) is 7.19. The van der Waals surface area contributed by atoms with E-state index >= 15 is 0 Å². The molecule has 0 aromatic carbocycles. The highest BCUT2D eigenvalue weighted by Gasteiger charge is 2.22. The predicted octanol–water partition coefficient (Wildman–Crippen LogP) is 5.00. The molecule has 102 valence electrons. The molecule has 0 amide bonds. The van der Waals surface area contributed by atoms with E-state index in [4.69, 9.17) is 4.42 Å². The molecule has 0 atom stereocenters. The maximum absolute atomic E-state index is 5.55. The number of nitrogens with zero attached hydrogens (tertiary/aromatic N) is 2. The van der Waals surface area contributed by atoms with Crippen molar-refractivity contribution in [3.8, 4) is 11.5 Å². The Labute approximate surface area is 121 Å². The van der Waals surface area contributed by atoms with Gasteiger partial charge in [-0.15, -0.1) is 11.3 Å². The maximum atomic E-state index is 5.55. The van der Waals surface area contributed by atoms with Crippen molar-refractivity contribution < 1.29 is 4.42 Å². The second-order valence-corrected chi connectivity index (χ2v) is 6.26. The van der Waals surface area contributed by atoms with Crippen molar-refractivity contribution in [2.45, 2.75) is 38.0 Å². The summed E-state index contributed by atoms with van der Waals surface area (Å²) in [4.78, 5) is 9.99. The van der Waals surface area contributed by atoms with Gasteiger partial charge in [0.15, 0.2) is 5.76 Å². The minimum atomic E-state index is 0.664. The molecule has 0 unspecified atom stereocenters. The highest BCUT2D eigenvalue weighted by atomic mass is 32.1. The van der Waals surface area contributed by atoms with Crippen LogP contribution in [0.2, 0.25) is 0 Å². The molecule has 0 aliphatic heterocycles. The molecule has 3 nitrogen and oxygen atoms in total. The summed E-state index contributed by atoms with van der Waals surface area (Å²) >= 11 is 1.73. The minimum absolute atomic E-state index is 0.664. The van der Waals surface area contributed by atoms with Gasteiger partial charge < -0.3 is 4.42 Å². The van der Waals surface area contributed by atoms with Crippen LogP contribution >= 0.6 is 11.3 Å². The molecule has 1 aliphatic rings. The van der Waals surface area contributed by atoms with E-state index in [9.17, 15) is 0 Å². The van der Waals surface area contributed by atoms with Crippen LogP contribution in [0.4, 0.5) is 0 Å². The fraction of sp³-hybridized carbons (Fsp3) is 0.375. The fourth-order valence-electron chi connectivity index (χ4n) is 3.21. The van der Waals surface area contributed by atoms with E-state index in [1.807, 2.05) is 12.1 Å². The summed E-state index contributed by atoms with van der Waals surface area (Å²) in [6.45, 7) is 0. The number of hydrogen-bond donors (Lipinski definition) is 0. The summed E-state index contributed by atoms with van der Waals surface area (Å²) in [5, 5.41) is 3.49. The van der Waals surface area contributed by atoms with Crippen LogP contribution < -0.4 is 0 Å². The normalized spacial score (nSPS) is 16.8. The van der Waals surface area contributed by atoms with Gasteiger partial charge in [0, 0.05) is 5.39 Å². The van der Waals surface area contributed by atoms with Gasteiger partial charge in [-0.25, -0.2) is 9.97 Å². The lowest BCUT2D eigenvalue weighted by atomic mass is 9.84. The highest BCUT2D eigenvalue weighted by Crippen LogP contribution is 2.41. The largest absolute Gasteiger partial charge is 0.463 e. The molecule has 0 N–H and O–H groups in total. The van der Waals surface area contributed by atoms with Crippen molar-refractivity contribution in [2.24, 2.45) is 0 Å². The molecule has 4 heteroatoms. The van der Waals surface area contributed by atoms with Gasteiger partial charge in [-0.2, -0.15) is 0 Å². The minimum Gasteiger partial charge on any atom is -0.463 e. The molecular formula is C16H16N2OS. The van der Waals surface area contributed by atoms with E-state index in [0.717, 1.165) is 16.3 Å². The zero-order chi connectivity index (χ0) is 13.4. The van der Waals surface area contributed by atoms with E-state index in [1.165, 1.54) is 43.1 Å². The first-order valence-corrected chi connectivity index (χ1v) is 8.07. The van der Waals surface area contributed by atoms with Gasteiger partial charge >= 0.3 is 0 Å². The van der Waals surface area contributed by atoms with Crippen molar-refractivity contribution >= 4 is 21.6 Å². The van der Waals surface area contributed by atoms with Crippen LogP contribution in [0.1, 0.15) is 43.6 Å². The molecular weight excluding hydrogens is 268 g/mol. The summed E-state index contributed by atoms with van der Waals surface area (Å²) in [5.74, 6) is 1.50. The van der Waals surface area contributed by atoms with Crippen LogP contribution in [0, 0.1) is 0 Å². The average Bonchev–Trinajstić information content (AvgIpc) is 3.17. The van der Waals surface area contributed by atoms with Crippen molar-refractivity contribution in [3.05, 3.63) is 35.7 Å². The summed E-state index contributed by atoms with van der Waals surface area (Å²) in [6.07, 6.45) is 9.98. The molecule has 1 saturated carbocycles. The Balaban J connectivity index is 1.89. The van der Waals surface area contributed by atoms with E-state index in [0.29, 0.717) is 5.92 Å². The Morgan fingerprint density at radius 3 is 2.85 bits per heavy atom. The first kappa shape index (κ1) is 12.1. The van der Waals surface area contributed by atoms with Crippen molar-refractivity contribution in [3.63, 3.8) is 0 Å². The number of aromatic nitrogens is 2. The predicted molar refractivity (Wildman–Crippen MR) is 80.9 cm³/mol. The van der Waals surface area contributed by atoms with Gasteiger partial charge in [0.05, 0.1) is 6.26 Å². The lowest BCUT2D eigenvalue weighted by Gasteiger charge is -2.21. The van der Waals surface area contributed by atoms with Crippen molar-refractivity contribution in [1.29, 1.82) is 0 Å². The number of furan rings is 1. The Bertz CT molecular complexity index is 711. The Morgan fingerprint density at radius 1 is 1.15 bits per heavy atom. The second kappa shape index (κ2) is 5.02. The van der Waals surface area contributed by atoms with Gasteiger partial charge in [0.1, 0.15) is 16.9 Å². The fourth-order valence-corrected chi connectivity index (χ4v) is 4.20. The summed E-state index contributed by atoms with van der Waals surface area (Å²) in [6, 6.07) is 3.89. The Morgan fingerprint density at radius 2 is 2.05 bits per heavy atom. The van der Waals surface area contributed by atoms with Crippen LogP contribution in [0.25, 0.3) is 21.7 Å². The monoisotopic (exact) mass is 284 g/mol. The van der Waals surface area contributed by atoms with Crippen LogP contribution in [-0.4, -0.2) is 9.97 Å². The SMILES string of the molecule is c1coc(-c2ncnc3scc(C4CCCCC4)c23)c1. The quantitative estimate of drug-likeness (QED) is 0.664. The third-order valence-corrected chi connectivity index (χ3v) is 5.10. The van der Waals surface area contributed by atoms with Crippen molar-refractivity contribution in [2.75, 3.05) is 0 Å².